The summed E-state index contributed by atoms with van der Waals surface area (Å²) in [7, 11) is -2.41. The molecule has 0 fully saturated rings. The van der Waals surface area contributed by atoms with Gasteiger partial charge in [0, 0.05) is 11.0 Å². The van der Waals surface area contributed by atoms with Crippen molar-refractivity contribution in [3.63, 3.8) is 0 Å². The van der Waals surface area contributed by atoms with E-state index < -0.39 is 15.4 Å². The van der Waals surface area contributed by atoms with Crippen molar-refractivity contribution in [3.05, 3.63) is 30.2 Å². The van der Waals surface area contributed by atoms with Gasteiger partial charge in [-0.15, -0.1) is 10.2 Å². The zero-order valence-electron chi connectivity index (χ0n) is 16.7. The van der Waals surface area contributed by atoms with Crippen LogP contribution in [0.3, 0.4) is 0 Å². The van der Waals surface area contributed by atoms with Crippen LogP contribution in [-0.4, -0.2) is 41.8 Å². The number of carbonyl (C=O) groups is 1. The van der Waals surface area contributed by atoms with Crippen molar-refractivity contribution in [2.75, 3.05) is 12.4 Å². The van der Waals surface area contributed by atoms with Crippen LogP contribution in [0, 0.1) is 5.41 Å². The van der Waals surface area contributed by atoms with Crippen LogP contribution < -0.4 is 14.8 Å². The Morgan fingerprint density at radius 2 is 1.90 bits per heavy atom. The van der Waals surface area contributed by atoms with E-state index in [1.807, 2.05) is 0 Å². The highest BCUT2D eigenvalue weighted by Gasteiger charge is 2.25. The molecule has 11 nitrogen and oxygen atoms in total. The summed E-state index contributed by atoms with van der Waals surface area (Å²) in [6.07, 6.45) is 0. The molecule has 0 saturated carbocycles. The van der Waals surface area contributed by atoms with Gasteiger partial charge in [0.2, 0.25) is 27.1 Å². The van der Waals surface area contributed by atoms with Crippen LogP contribution in [-0.2, 0) is 21.4 Å². The molecular weight excluding hydrogens is 432 g/mol. The summed E-state index contributed by atoms with van der Waals surface area (Å²) in [5.74, 6) is 0.780. The monoisotopic (exact) mass is 452 g/mol. The molecule has 0 atom stereocenters. The first-order chi connectivity index (χ1) is 14.1. The summed E-state index contributed by atoms with van der Waals surface area (Å²) < 4.78 is 37.1. The van der Waals surface area contributed by atoms with Crippen LogP contribution in [0.2, 0.25) is 0 Å². The van der Waals surface area contributed by atoms with Gasteiger partial charge in [0.05, 0.1) is 13.7 Å². The second-order valence-electron chi connectivity index (χ2n) is 7.14. The molecule has 0 aliphatic rings. The summed E-state index contributed by atoms with van der Waals surface area (Å²) >= 11 is 0.742. The Morgan fingerprint density at radius 1 is 1.20 bits per heavy atom. The SMILES string of the molecule is COc1ccc(-c2noc(CNS(=O)(=O)c3nnc(NC(=O)C(C)(C)C)s3)n2)cc1. The zero-order chi connectivity index (χ0) is 21.9. The Kier molecular flexibility index (Phi) is 6.14. The summed E-state index contributed by atoms with van der Waals surface area (Å²) in [6.45, 7) is 4.96. The van der Waals surface area contributed by atoms with Gasteiger partial charge in [-0.3, -0.25) is 4.79 Å². The Labute approximate surface area is 176 Å². The number of ether oxygens (including phenoxy) is 1. The Balaban J connectivity index is 1.64. The van der Waals surface area contributed by atoms with Crippen molar-refractivity contribution in [1.82, 2.24) is 25.1 Å². The van der Waals surface area contributed by atoms with Gasteiger partial charge in [-0.25, -0.2) is 8.42 Å². The van der Waals surface area contributed by atoms with E-state index in [4.69, 9.17) is 9.26 Å². The molecule has 3 rings (SSSR count). The van der Waals surface area contributed by atoms with Gasteiger partial charge in [0.15, 0.2) is 0 Å². The third-order valence-corrected chi connectivity index (χ3v) is 6.38. The molecule has 0 bridgehead atoms. The minimum Gasteiger partial charge on any atom is -0.497 e. The smallest absolute Gasteiger partial charge is 0.270 e. The van der Waals surface area contributed by atoms with Gasteiger partial charge < -0.3 is 14.6 Å². The average Bonchev–Trinajstić information content (AvgIpc) is 3.36. The van der Waals surface area contributed by atoms with Crippen LogP contribution in [0.15, 0.2) is 33.1 Å². The summed E-state index contributed by atoms with van der Waals surface area (Å²) in [4.78, 5) is 16.2. The van der Waals surface area contributed by atoms with Gasteiger partial charge in [-0.05, 0) is 24.3 Å². The number of aromatic nitrogens is 4. The lowest BCUT2D eigenvalue weighted by Gasteiger charge is -2.15. The van der Waals surface area contributed by atoms with Crippen molar-refractivity contribution >= 4 is 32.4 Å². The van der Waals surface area contributed by atoms with E-state index in [2.05, 4.69) is 30.4 Å². The number of hydrogen-bond donors (Lipinski definition) is 2. The lowest BCUT2D eigenvalue weighted by Crippen LogP contribution is -2.27. The highest BCUT2D eigenvalue weighted by atomic mass is 32.2. The van der Waals surface area contributed by atoms with Crippen molar-refractivity contribution in [2.24, 2.45) is 5.41 Å². The molecule has 0 radical (unpaired) electrons. The van der Waals surface area contributed by atoms with Gasteiger partial charge in [0.1, 0.15) is 5.75 Å². The molecule has 0 spiro atoms. The number of nitrogens with one attached hydrogen (secondary N) is 2. The number of hydrogen-bond acceptors (Lipinski definition) is 10. The number of rotatable bonds is 7. The summed E-state index contributed by atoms with van der Waals surface area (Å²) in [5, 5.41) is 13.8. The van der Waals surface area contributed by atoms with Crippen molar-refractivity contribution in [1.29, 1.82) is 0 Å². The predicted molar refractivity (Wildman–Crippen MR) is 108 cm³/mol. The van der Waals surface area contributed by atoms with Crippen LogP contribution in [0.5, 0.6) is 5.75 Å². The minimum absolute atomic E-state index is 0.0789. The van der Waals surface area contributed by atoms with Crippen molar-refractivity contribution < 1.29 is 22.5 Å². The van der Waals surface area contributed by atoms with Crippen LogP contribution in [0.4, 0.5) is 5.13 Å². The van der Waals surface area contributed by atoms with Gasteiger partial charge in [-0.2, -0.15) is 9.71 Å². The maximum atomic E-state index is 12.4. The Hall–Kier alpha value is -2.90. The Morgan fingerprint density at radius 3 is 2.53 bits per heavy atom. The molecule has 2 heterocycles. The summed E-state index contributed by atoms with van der Waals surface area (Å²) in [6, 6.07) is 7.01. The number of sulfonamides is 1. The number of amides is 1. The molecule has 13 heteroatoms. The van der Waals surface area contributed by atoms with Gasteiger partial charge >= 0.3 is 0 Å². The normalized spacial score (nSPS) is 12.0. The van der Waals surface area contributed by atoms with E-state index >= 15 is 0 Å². The number of anilines is 1. The topological polar surface area (TPSA) is 149 Å². The van der Waals surface area contributed by atoms with Crippen LogP contribution in [0.1, 0.15) is 26.7 Å². The molecule has 0 aliphatic heterocycles. The quantitative estimate of drug-likeness (QED) is 0.514. The molecular formula is C17H20N6O5S2. The molecule has 160 valence electrons. The highest BCUT2D eigenvalue weighted by molar-refractivity contribution is 7.91. The van der Waals surface area contributed by atoms with E-state index in [-0.39, 0.29) is 27.8 Å². The van der Waals surface area contributed by atoms with E-state index in [0.29, 0.717) is 17.1 Å². The van der Waals surface area contributed by atoms with E-state index in [0.717, 1.165) is 11.3 Å². The standard InChI is InChI=1S/C17H20N6O5S2/c1-17(2,3)14(24)20-15-21-22-16(29-15)30(25,26)18-9-12-19-13(23-28-12)10-5-7-11(27-4)8-6-10/h5-8,18H,9H2,1-4H3,(H,20,21,24). The second-order valence-corrected chi connectivity index (χ2v) is 10.1. The number of methoxy groups -OCH3 is 1. The van der Waals surface area contributed by atoms with Crippen LogP contribution >= 0.6 is 11.3 Å². The van der Waals surface area contributed by atoms with Crippen LogP contribution in [0.25, 0.3) is 11.4 Å². The molecule has 0 aliphatic carbocycles. The van der Waals surface area contributed by atoms with E-state index in [9.17, 15) is 13.2 Å². The van der Waals surface area contributed by atoms with Crippen molar-refractivity contribution in [3.8, 4) is 17.1 Å². The average molecular weight is 453 g/mol. The molecule has 1 aromatic carbocycles. The number of benzene rings is 1. The Bertz CT molecular complexity index is 1130. The first-order valence-electron chi connectivity index (χ1n) is 8.70. The molecule has 2 aromatic heterocycles. The maximum Gasteiger partial charge on any atom is 0.270 e. The summed E-state index contributed by atoms with van der Waals surface area (Å²) in [5.41, 5.74) is 0.0414. The molecule has 1 amide bonds. The molecule has 30 heavy (non-hydrogen) atoms. The molecule has 0 saturated heterocycles. The minimum atomic E-state index is -3.97. The first-order valence-corrected chi connectivity index (χ1v) is 11.0. The predicted octanol–water partition coefficient (Wildman–Crippen LogP) is 2.06. The molecule has 3 aromatic rings. The molecule has 0 unspecified atom stereocenters. The van der Waals surface area contributed by atoms with E-state index in [1.54, 1.807) is 52.1 Å². The zero-order valence-corrected chi connectivity index (χ0v) is 18.3. The highest BCUT2D eigenvalue weighted by Crippen LogP contribution is 2.23. The largest absolute Gasteiger partial charge is 0.497 e. The lowest BCUT2D eigenvalue weighted by atomic mass is 9.96. The molecule has 2 N–H and O–H groups in total. The van der Waals surface area contributed by atoms with Gasteiger partial charge in [-0.1, -0.05) is 37.3 Å². The third-order valence-electron chi connectivity index (χ3n) is 3.77. The van der Waals surface area contributed by atoms with E-state index in [1.165, 1.54) is 0 Å². The van der Waals surface area contributed by atoms with Crippen molar-refractivity contribution in [2.45, 2.75) is 31.7 Å². The fourth-order valence-corrected chi connectivity index (χ4v) is 3.97. The maximum absolute atomic E-state index is 12.4. The lowest BCUT2D eigenvalue weighted by molar-refractivity contribution is -0.123. The van der Waals surface area contributed by atoms with Gasteiger partial charge in [0.25, 0.3) is 10.0 Å². The fourth-order valence-electron chi connectivity index (χ4n) is 2.06. The number of carbonyl (C=O) groups excluding carboxylic acids is 1. The second kappa shape index (κ2) is 8.45. The fraction of sp³-hybridized carbons (Fsp3) is 0.353. The third kappa shape index (κ3) is 5.17. The first kappa shape index (κ1) is 21.8. The number of nitrogens with zero attached hydrogens (tertiary/aromatic N) is 4.